The number of ether oxygens (including phenoxy) is 2. The van der Waals surface area contributed by atoms with Crippen molar-refractivity contribution in [2.75, 3.05) is 6.61 Å². The predicted molar refractivity (Wildman–Crippen MR) is 77.8 cm³/mol. The van der Waals surface area contributed by atoms with Gasteiger partial charge in [0.1, 0.15) is 41.4 Å². The normalized spacial score (nSPS) is 31.2. The molecule has 1 aliphatic heterocycles. The highest BCUT2D eigenvalue weighted by molar-refractivity contribution is 5.84. The molecule has 5 N–H and O–H groups in total. The third-order valence-corrected chi connectivity index (χ3v) is 3.77. The third-order valence-electron chi connectivity index (χ3n) is 3.77. The van der Waals surface area contributed by atoms with Gasteiger partial charge in [-0.2, -0.15) is 0 Å². The van der Waals surface area contributed by atoms with Gasteiger partial charge in [0, 0.05) is 5.39 Å². The van der Waals surface area contributed by atoms with Crippen LogP contribution in [0, 0.1) is 0 Å². The Labute approximate surface area is 131 Å². The van der Waals surface area contributed by atoms with Gasteiger partial charge in [-0.3, -0.25) is 0 Å². The van der Waals surface area contributed by atoms with Crippen molar-refractivity contribution in [3.05, 3.63) is 30.5 Å². The topological polar surface area (TPSA) is 132 Å². The van der Waals surface area contributed by atoms with E-state index in [1.165, 1.54) is 12.3 Å². The summed E-state index contributed by atoms with van der Waals surface area (Å²) in [6.45, 7) is -0.533. The minimum absolute atomic E-state index is 0.0295. The lowest BCUT2D eigenvalue weighted by molar-refractivity contribution is -0.277. The van der Waals surface area contributed by atoms with Gasteiger partial charge in [0.15, 0.2) is 0 Å². The quantitative estimate of drug-likeness (QED) is 0.492. The van der Waals surface area contributed by atoms with Crippen molar-refractivity contribution in [1.29, 1.82) is 0 Å². The lowest BCUT2D eigenvalue weighted by Crippen LogP contribution is -2.60. The van der Waals surface area contributed by atoms with Crippen molar-refractivity contribution in [2.24, 2.45) is 0 Å². The second-order valence-corrected chi connectivity index (χ2v) is 5.34. The van der Waals surface area contributed by atoms with E-state index in [9.17, 15) is 20.4 Å². The zero-order chi connectivity index (χ0) is 16.6. The average Bonchev–Trinajstić information content (AvgIpc) is 2.55. The molecule has 0 bridgehead atoms. The number of hydrogen-bond donors (Lipinski definition) is 5. The third kappa shape index (κ3) is 2.94. The predicted octanol–water partition coefficient (Wildman–Crippen LogP) is -0.881. The lowest BCUT2D eigenvalue weighted by atomic mass is 9.99. The van der Waals surface area contributed by atoms with E-state index < -0.39 is 37.3 Å². The minimum atomic E-state index is -1.51. The van der Waals surface area contributed by atoms with Gasteiger partial charge in [-0.05, 0) is 12.1 Å². The smallest absolute Gasteiger partial charge is 0.229 e. The summed E-state index contributed by atoms with van der Waals surface area (Å²) in [6.07, 6.45) is -5.43. The summed E-state index contributed by atoms with van der Waals surface area (Å²) in [5, 5.41) is 48.9. The van der Waals surface area contributed by atoms with Crippen LogP contribution in [0.15, 0.2) is 30.5 Å². The molecule has 23 heavy (non-hydrogen) atoms. The van der Waals surface area contributed by atoms with E-state index in [0.29, 0.717) is 10.9 Å². The Kier molecular flexibility index (Phi) is 4.33. The zero-order valence-electron chi connectivity index (χ0n) is 12.0. The molecule has 1 unspecified atom stereocenters. The Balaban J connectivity index is 1.83. The molecular weight excluding hydrogens is 306 g/mol. The molecule has 5 atom stereocenters. The number of pyridine rings is 1. The molecule has 1 aliphatic rings. The average molecular weight is 323 g/mol. The van der Waals surface area contributed by atoms with Crippen LogP contribution in [0.2, 0.25) is 0 Å². The molecule has 1 aromatic heterocycles. The fourth-order valence-electron chi connectivity index (χ4n) is 2.49. The number of phenols is 1. The number of nitrogens with zero attached hydrogens (tertiary/aromatic N) is 1. The van der Waals surface area contributed by atoms with Crippen molar-refractivity contribution in [1.82, 2.24) is 4.98 Å². The summed E-state index contributed by atoms with van der Waals surface area (Å²) in [6, 6.07) is 6.47. The zero-order valence-corrected chi connectivity index (χ0v) is 12.0. The maximum absolute atomic E-state index is 9.94. The van der Waals surface area contributed by atoms with E-state index in [1.54, 1.807) is 18.2 Å². The second-order valence-electron chi connectivity index (χ2n) is 5.34. The molecule has 124 valence electrons. The Morgan fingerprint density at radius 3 is 2.65 bits per heavy atom. The molecule has 0 saturated carbocycles. The Morgan fingerprint density at radius 1 is 1.13 bits per heavy atom. The maximum Gasteiger partial charge on any atom is 0.229 e. The van der Waals surface area contributed by atoms with Crippen LogP contribution in [0.25, 0.3) is 10.9 Å². The fourth-order valence-corrected chi connectivity index (χ4v) is 2.49. The standard InChI is InChI=1S/C15H17NO7/c17-6-10-12(19)13(20)14(21)15(23-10)22-8-4-7-2-1-3-9(18)11(7)16-5-8/h1-5,10,12-15,17-21H,6H2/t10-,12+,13+,14-,15?/m1/s1. The van der Waals surface area contributed by atoms with Gasteiger partial charge < -0.3 is 35.0 Å². The van der Waals surface area contributed by atoms with Gasteiger partial charge in [0.25, 0.3) is 0 Å². The van der Waals surface area contributed by atoms with Gasteiger partial charge in [0.2, 0.25) is 6.29 Å². The van der Waals surface area contributed by atoms with Crippen molar-refractivity contribution in [2.45, 2.75) is 30.7 Å². The number of aliphatic hydroxyl groups excluding tert-OH is 4. The van der Waals surface area contributed by atoms with Crippen molar-refractivity contribution >= 4 is 10.9 Å². The number of aliphatic hydroxyl groups is 4. The number of phenolic OH excluding ortho intramolecular Hbond substituents is 1. The molecule has 0 amide bonds. The van der Waals surface area contributed by atoms with E-state index in [1.807, 2.05) is 0 Å². The molecule has 0 spiro atoms. The molecule has 2 aromatic rings. The number of aromatic nitrogens is 1. The van der Waals surface area contributed by atoms with E-state index in [2.05, 4.69) is 4.98 Å². The summed E-state index contributed by atoms with van der Waals surface area (Å²) >= 11 is 0. The second kappa shape index (κ2) is 6.26. The summed E-state index contributed by atoms with van der Waals surface area (Å²) < 4.78 is 10.7. The first kappa shape index (κ1) is 15.9. The van der Waals surface area contributed by atoms with Gasteiger partial charge in [0.05, 0.1) is 12.8 Å². The molecule has 0 radical (unpaired) electrons. The molecule has 8 heteroatoms. The highest BCUT2D eigenvalue weighted by Crippen LogP contribution is 2.28. The Hall–Kier alpha value is -1.97. The Morgan fingerprint density at radius 2 is 1.91 bits per heavy atom. The van der Waals surface area contributed by atoms with Crippen LogP contribution >= 0.6 is 0 Å². The number of aromatic hydroxyl groups is 1. The summed E-state index contributed by atoms with van der Waals surface area (Å²) in [7, 11) is 0. The summed E-state index contributed by atoms with van der Waals surface area (Å²) in [5.74, 6) is 0.273. The molecule has 0 aliphatic carbocycles. The van der Waals surface area contributed by atoms with Crippen LogP contribution < -0.4 is 4.74 Å². The number of hydrogen-bond acceptors (Lipinski definition) is 8. The number of rotatable bonds is 3. The van der Waals surface area contributed by atoms with Crippen molar-refractivity contribution in [3.63, 3.8) is 0 Å². The van der Waals surface area contributed by atoms with Crippen LogP contribution in [-0.4, -0.2) is 67.8 Å². The highest BCUT2D eigenvalue weighted by atomic mass is 16.7. The highest BCUT2D eigenvalue weighted by Gasteiger charge is 2.44. The van der Waals surface area contributed by atoms with Crippen molar-refractivity contribution in [3.8, 4) is 11.5 Å². The van der Waals surface area contributed by atoms with E-state index in [4.69, 9.17) is 14.6 Å². The fraction of sp³-hybridized carbons (Fsp3) is 0.400. The number of benzene rings is 1. The molecule has 3 rings (SSSR count). The van der Waals surface area contributed by atoms with Crippen LogP contribution in [-0.2, 0) is 4.74 Å². The molecular formula is C15H17NO7. The number of para-hydroxylation sites is 1. The Bertz CT molecular complexity index is 693. The summed E-state index contributed by atoms with van der Waals surface area (Å²) in [5.41, 5.74) is 0.397. The van der Waals surface area contributed by atoms with E-state index in [0.717, 1.165) is 0 Å². The SMILES string of the molecule is OC[C@H]1OC(Oc2cnc3c(O)cccc3c2)[C@H](O)[C@@H](O)[C@H]1O. The minimum Gasteiger partial charge on any atom is -0.506 e. The van der Waals surface area contributed by atoms with Gasteiger partial charge in [-0.15, -0.1) is 0 Å². The van der Waals surface area contributed by atoms with Gasteiger partial charge in [-0.25, -0.2) is 4.98 Å². The first-order valence-corrected chi connectivity index (χ1v) is 7.06. The van der Waals surface area contributed by atoms with E-state index >= 15 is 0 Å². The van der Waals surface area contributed by atoms with E-state index in [-0.39, 0.29) is 11.5 Å². The molecule has 1 saturated heterocycles. The largest absolute Gasteiger partial charge is 0.506 e. The molecule has 8 nitrogen and oxygen atoms in total. The molecule has 1 aromatic carbocycles. The van der Waals surface area contributed by atoms with Crippen LogP contribution in [0.3, 0.4) is 0 Å². The van der Waals surface area contributed by atoms with Crippen molar-refractivity contribution < 1.29 is 35.0 Å². The first-order chi connectivity index (χ1) is 11.0. The summed E-state index contributed by atoms with van der Waals surface area (Å²) in [4.78, 5) is 4.07. The monoisotopic (exact) mass is 323 g/mol. The number of fused-ring (bicyclic) bond motifs is 1. The van der Waals surface area contributed by atoms with Gasteiger partial charge in [-0.1, -0.05) is 12.1 Å². The first-order valence-electron chi connectivity index (χ1n) is 7.06. The molecule has 1 fully saturated rings. The van der Waals surface area contributed by atoms with Gasteiger partial charge >= 0.3 is 0 Å². The molecule has 2 heterocycles. The maximum atomic E-state index is 9.94. The lowest BCUT2D eigenvalue weighted by Gasteiger charge is -2.39. The van der Waals surface area contributed by atoms with Crippen LogP contribution in [0.1, 0.15) is 0 Å². The van der Waals surface area contributed by atoms with Crippen LogP contribution in [0.5, 0.6) is 11.5 Å². The van der Waals surface area contributed by atoms with Crippen LogP contribution in [0.4, 0.5) is 0 Å².